The number of hydrogen-bond acceptors (Lipinski definition) is 11. The summed E-state index contributed by atoms with van der Waals surface area (Å²) in [5, 5.41) is 15.8. The van der Waals surface area contributed by atoms with Crippen LogP contribution in [0.2, 0.25) is 0 Å². The van der Waals surface area contributed by atoms with Gasteiger partial charge < -0.3 is 34.3 Å². The van der Waals surface area contributed by atoms with Crippen LogP contribution in [0.25, 0.3) is 0 Å². The maximum atomic E-state index is 12.5. The van der Waals surface area contributed by atoms with Crippen molar-refractivity contribution in [1.29, 1.82) is 0 Å². The monoisotopic (exact) mass is 542 g/mol. The third kappa shape index (κ3) is 7.65. The Balaban J connectivity index is 0.00000341. The molecular formula is C16H14N2Na3O9PS2. The Morgan fingerprint density at radius 3 is 2.42 bits per heavy atom. The maximum absolute atomic E-state index is 12.5. The van der Waals surface area contributed by atoms with E-state index < -0.39 is 60.7 Å². The van der Waals surface area contributed by atoms with Gasteiger partial charge in [-0.15, -0.1) is 11.8 Å². The first-order valence-electron chi connectivity index (χ1n) is 8.38. The van der Waals surface area contributed by atoms with Crippen molar-refractivity contribution in [3.05, 3.63) is 33.4 Å². The molecule has 1 N–H and O–H groups in total. The van der Waals surface area contributed by atoms with Gasteiger partial charge in [-0.25, -0.2) is 0 Å². The zero-order valence-electron chi connectivity index (χ0n) is 18.3. The average Bonchev–Trinajstić information content (AvgIpc) is 3.16. The first kappa shape index (κ1) is 33.8. The Morgan fingerprint density at radius 1 is 1.30 bits per heavy atom. The zero-order chi connectivity index (χ0) is 22.2. The topological polar surface area (TPSA) is 179 Å². The molecule has 0 saturated carbocycles. The summed E-state index contributed by atoms with van der Waals surface area (Å²) >= 11 is 2.22. The van der Waals surface area contributed by atoms with E-state index in [0.717, 1.165) is 23.6 Å². The molecule has 3 atom stereocenters. The molecule has 0 bridgehead atoms. The number of nitrogens with zero attached hydrogens (tertiary/aromatic N) is 1. The van der Waals surface area contributed by atoms with E-state index in [-0.39, 0.29) is 106 Å². The minimum atomic E-state index is -5.41. The van der Waals surface area contributed by atoms with Crippen LogP contribution < -0.4 is 109 Å². The van der Waals surface area contributed by atoms with Crippen LogP contribution in [-0.2, 0) is 28.5 Å². The summed E-state index contributed by atoms with van der Waals surface area (Å²) in [7, 11) is -5.41. The Bertz CT molecular complexity index is 986. The van der Waals surface area contributed by atoms with Crippen LogP contribution in [0.15, 0.2) is 27.8 Å². The fraction of sp³-hybridized carbons (Fsp3) is 0.375. The number of nitrogens with one attached hydrogen (secondary N) is 1. The standard InChI is InChI=1S/C16H17N2O9PS2.3Na/c1-7(19)27-4-9-6-30-15-11(13(21)18(15)14(9)28(24,25)26)17-12(20)10(16(22)23)8-2-3-29-5-8;;;/h2-3,5,10-11,15H,4,6H2,1H3,(H,17,20)(H,22,23)(H2,24,25,26);;;/q;3*+1/p-3/t10?,11-,15+;;;/m1.../s1. The van der Waals surface area contributed by atoms with Crippen molar-refractivity contribution in [3.8, 4) is 0 Å². The Morgan fingerprint density at radius 2 is 1.94 bits per heavy atom. The second-order valence-electron chi connectivity index (χ2n) is 6.41. The summed E-state index contributed by atoms with van der Waals surface area (Å²) < 4.78 is 16.5. The van der Waals surface area contributed by atoms with E-state index >= 15 is 0 Å². The molecule has 1 aromatic heterocycles. The summed E-state index contributed by atoms with van der Waals surface area (Å²) in [6, 6.07) is 0.210. The molecular weight excluding hydrogens is 528 g/mol. The van der Waals surface area contributed by atoms with Gasteiger partial charge in [0, 0.05) is 18.2 Å². The van der Waals surface area contributed by atoms with Crippen LogP contribution in [0.1, 0.15) is 18.4 Å². The van der Waals surface area contributed by atoms with Crippen LogP contribution in [0.5, 0.6) is 0 Å². The fourth-order valence-corrected chi connectivity index (χ4v) is 6.32. The van der Waals surface area contributed by atoms with Crippen molar-refractivity contribution < 1.29 is 132 Å². The number of β-lactam (4-membered cyclic amide) rings is 1. The Labute approximate surface area is 263 Å². The fourth-order valence-electron chi connectivity index (χ4n) is 3.10. The summed E-state index contributed by atoms with van der Waals surface area (Å²) in [5.74, 6) is -5.90. The van der Waals surface area contributed by atoms with Crippen molar-refractivity contribution in [3.63, 3.8) is 0 Å². The molecule has 0 radical (unpaired) electrons. The van der Waals surface area contributed by atoms with Gasteiger partial charge in [0.05, 0.1) is 11.4 Å². The van der Waals surface area contributed by atoms with Gasteiger partial charge in [0.2, 0.25) is 5.91 Å². The van der Waals surface area contributed by atoms with Crippen molar-refractivity contribution in [2.75, 3.05) is 12.4 Å². The number of fused-ring (bicyclic) bond motifs is 1. The first-order chi connectivity index (χ1) is 14.0. The number of ether oxygens (including phenoxy) is 1. The van der Waals surface area contributed by atoms with Crippen molar-refractivity contribution in [2.24, 2.45) is 0 Å². The van der Waals surface area contributed by atoms with E-state index in [0.29, 0.717) is 0 Å². The number of thioether (sulfide) groups is 1. The number of carboxylic acids is 1. The average molecular weight is 542 g/mol. The van der Waals surface area contributed by atoms with Gasteiger partial charge in [-0.1, -0.05) is 0 Å². The molecule has 0 aliphatic carbocycles. The molecule has 0 aromatic carbocycles. The smallest absolute Gasteiger partial charge is 0.806 e. The molecule has 1 unspecified atom stereocenters. The van der Waals surface area contributed by atoms with Gasteiger partial charge in [-0.05, 0) is 30.0 Å². The molecule has 2 amide bonds. The van der Waals surface area contributed by atoms with E-state index in [1.165, 1.54) is 22.8 Å². The summed E-state index contributed by atoms with van der Waals surface area (Å²) in [4.78, 5) is 71.7. The third-order valence-corrected chi connectivity index (χ3v) is 7.49. The van der Waals surface area contributed by atoms with Crippen LogP contribution in [-0.4, -0.2) is 52.4 Å². The predicted octanol–water partition coefficient (Wildman–Crippen LogP) is -11.3. The van der Waals surface area contributed by atoms with Gasteiger partial charge in [0.1, 0.15) is 23.9 Å². The third-order valence-electron chi connectivity index (χ3n) is 4.40. The molecule has 1 saturated heterocycles. The SMILES string of the molecule is CC(=O)OCC1=C(P(=O)([O-])[O-])N2C(=O)[C@@H](NC(=O)C(C(=O)[O-])c3ccsc3)[C@@H]2SC1.[Na+].[Na+].[Na+]. The second kappa shape index (κ2) is 13.9. The van der Waals surface area contributed by atoms with E-state index in [1.807, 2.05) is 0 Å². The van der Waals surface area contributed by atoms with Gasteiger partial charge in [0.15, 0.2) is 0 Å². The maximum Gasteiger partial charge on any atom is 1.00 e. The number of esters is 1. The number of aliphatic carboxylic acids is 1. The minimum absolute atomic E-state index is 0. The van der Waals surface area contributed by atoms with Crippen molar-refractivity contribution in [1.82, 2.24) is 10.2 Å². The van der Waals surface area contributed by atoms with Crippen molar-refractivity contribution in [2.45, 2.75) is 24.3 Å². The molecule has 11 nitrogen and oxygen atoms in total. The van der Waals surface area contributed by atoms with Crippen LogP contribution in [0, 0.1) is 0 Å². The molecule has 3 rings (SSSR count). The van der Waals surface area contributed by atoms with Crippen molar-refractivity contribution >= 4 is 54.4 Å². The molecule has 2 aliphatic rings. The Hall–Kier alpha value is 0.820. The van der Waals surface area contributed by atoms with Crippen LogP contribution >= 0.6 is 30.7 Å². The number of thiophene rings is 1. The van der Waals surface area contributed by atoms with E-state index in [9.17, 15) is 38.6 Å². The molecule has 1 aromatic rings. The zero-order valence-corrected chi connectivity index (χ0v) is 26.8. The van der Waals surface area contributed by atoms with E-state index in [2.05, 4.69) is 5.32 Å². The second-order valence-corrected chi connectivity index (χ2v) is 9.71. The number of carboxylic acid groups (broad SMARTS) is 1. The number of carbonyl (C=O) groups is 4. The van der Waals surface area contributed by atoms with Gasteiger partial charge in [0.25, 0.3) is 5.91 Å². The summed E-state index contributed by atoms with van der Waals surface area (Å²) in [6.07, 6.45) is 0. The van der Waals surface area contributed by atoms with Crippen LogP contribution in [0.3, 0.4) is 0 Å². The van der Waals surface area contributed by atoms with Gasteiger partial charge in [-0.3, -0.25) is 19.3 Å². The van der Waals surface area contributed by atoms with Crippen LogP contribution in [0.4, 0.5) is 0 Å². The number of amides is 2. The van der Waals surface area contributed by atoms with E-state index in [4.69, 9.17) is 4.74 Å². The van der Waals surface area contributed by atoms with Gasteiger partial charge >= 0.3 is 94.6 Å². The molecule has 17 heteroatoms. The Kier molecular flexibility index (Phi) is 14.3. The predicted molar refractivity (Wildman–Crippen MR) is 98.4 cm³/mol. The summed E-state index contributed by atoms with van der Waals surface area (Å²) in [5.41, 5.74) is -0.633. The largest absolute Gasteiger partial charge is 1.00 e. The van der Waals surface area contributed by atoms with Gasteiger partial charge in [-0.2, -0.15) is 11.3 Å². The number of carbonyl (C=O) groups excluding carboxylic acids is 4. The molecule has 1 fully saturated rings. The minimum Gasteiger partial charge on any atom is -0.806 e. The van der Waals surface area contributed by atoms with E-state index in [1.54, 1.807) is 5.38 Å². The molecule has 3 heterocycles. The first-order valence-corrected chi connectivity index (χ1v) is 11.9. The molecule has 2 aliphatic heterocycles. The normalized spacial score (nSPS) is 20.1. The summed E-state index contributed by atoms with van der Waals surface area (Å²) in [6.45, 7) is 0.638. The quantitative estimate of drug-likeness (QED) is 0.114. The number of hydrogen-bond donors (Lipinski definition) is 1. The molecule has 33 heavy (non-hydrogen) atoms. The molecule has 162 valence electrons. The number of rotatable bonds is 7. The molecule has 0 spiro atoms.